The van der Waals surface area contributed by atoms with Gasteiger partial charge in [0, 0.05) is 12.6 Å². The van der Waals surface area contributed by atoms with E-state index in [1.165, 1.54) is 0 Å². The van der Waals surface area contributed by atoms with E-state index in [2.05, 4.69) is 15.5 Å². The minimum Gasteiger partial charge on any atom is -0.480 e. The number of aliphatic carboxylic acids is 1. The first-order chi connectivity index (χ1) is 8.71. The number of rotatable bonds is 4. The summed E-state index contributed by atoms with van der Waals surface area (Å²) in [5, 5.41) is 14.4. The molecular weight excluding hydrogens is 246 g/mol. The van der Waals surface area contributed by atoms with Crippen LogP contribution in [0.15, 0.2) is 0 Å². The van der Waals surface area contributed by atoms with Crippen molar-refractivity contribution in [1.29, 1.82) is 0 Å². The molecule has 1 aliphatic rings. The highest BCUT2D eigenvalue weighted by molar-refractivity contribution is 5.83. The summed E-state index contributed by atoms with van der Waals surface area (Å²) in [7, 11) is 2.03. The molecular formula is C13H25N3O3. The molecule has 0 saturated carbocycles. The minimum atomic E-state index is -1.01. The molecule has 1 heterocycles. The van der Waals surface area contributed by atoms with Gasteiger partial charge < -0.3 is 20.6 Å². The third-order valence-electron chi connectivity index (χ3n) is 3.56. The Morgan fingerprint density at radius 1 is 1.42 bits per heavy atom. The highest BCUT2D eigenvalue weighted by atomic mass is 16.4. The number of likely N-dealkylation sites (tertiary alicyclic amines) is 1. The van der Waals surface area contributed by atoms with Crippen LogP contribution in [0.1, 0.15) is 33.6 Å². The number of nitrogens with zero attached hydrogens (tertiary/aromatic N) is 1. The van der Waals surface area contributed by atoms with Crippen LogP contribution >= 0.6 is 0 Å². The Kier molecular flexibility index (Phi) is 5.17. The highest BCUT2D eigenvalue weighted by Gasteiger charge is 2.32. The summed E-state index contributed by atoms with van der Waals surface area (Å²) in [5.74, 6) is -1.01. The Balaban J connectivity index is 2.43. The van der Waals surface area contributed by atoms with Gasteiger partial charge in [0.25, 0.3) is 0 Å². The first-order valence-corrected chi connectivity index (χ1v) is 6.69. The van der Waals surface area contributed by atoms with Crippen molar-refractivity contribution in [3.8, 4) is 0 Å². The van der Waals surface area contributed by atoms with E-state index in [0.717, 1.165) is 19.4 Å². The highest BCUT2D eigenvalue weighted by Crippen LogP contribution is 2.19. The van der Waals surface area contributed by atoms with Crippen molar-refractivity contribution >= 4 is 12.0 Å². The summed E-state index contributed by atoms with van der Waals surface area (Å²) in [6.45, 7) is 6.97. The molecule has 6 nitrogen and oxygen atoms in total. The van der Waals surface area contributed by atoms with E-state index in [1.807, 2.05) is 7.05 Å². The first-order valence-electron chi connectivity index (χ1n) is 6.69. The van der Waals surface area contributed by atoms with E-state index in [0.29, 0.717) is 12.6 Å². The number of carboxylic acids is 1. The molecule has 110 valence electrons. The summed E-state index contributed by atoms with van der Waals surface area (Å²) < 4.78 is 0. The van der Waals surface area contributed by atoms with Crippen LogP contribution in [0.4, 0.5) is 4.79 Å². The number of urea groups is 1. The molecule has 1 saturated heterocycles. The third kappa shape index (κ3) is 4.70. The van der Waals surface area contributed by atoms with Crippen LogP contribution in [0.3, 0.4) is 0 Å². The molecule has 0 bridgehead atoms. The van der Waals surface area contributed by atoms with Gasteiger partial charge >= 0.3 is 12.0 Å². The molecule has 0 radical (unpaired) electrons. The van der Waals surface area contributed by atoms with Crippen LogP contribution in [-0.4, -0.2) is 54.2 Å². The molecule has 2 atom stereocenters. The van der Waals surface area contributed by atoms with Crippen LogP contribution in [0.2, 0.25) is 0 Å². The number of hydrogen-bond acceptors (Lipinski definition) is 3. The summed E-state index contributed by atoms with van der Waals surface area (Å²) in [6, 6.07) is -0.958. The number of hydrogen-bond donors (Lipinski definition) is 3. The van der Waals surface area contributed by atoms with Crippen LogP contribution in [0.25, 0.3) is 0 Å². The predicted octanol–water partition coefficient (Wildman–Crippen LogP) is 0.879. The maximum absolute atomic E-state index is 11.8. The van der Waals surface area contributed by atoms with Crippen molar-refractivity contribution in [2.45, 2.75) is 45.7 Å². The zero-order chi connectivity index (χ0) is 14.6. The summed E-state index contributed by atoms with van der Waals surface area (Å²) in [6.07, 6.45) is 2.21. The quantitative estimate of drug-likeness (QED) is 0.709. The zero-order valence-corrected chi connectivity index (χ0v) is 12.2. The topological polar surface area (TPSA) is 81.7 Å². The van der Waals surface area contributed by atoms with Gasteiger partial charge in [0.1, 0.15) is 6.04 Å². The molecule has 0 spiro atoms. The monoisotopic (exact) mass is 271 g/mol. The van der Waals surface area contributed by atoms with Gasteiger partial charge in [-0.05, 0) is 31.8 Å². The molecule has 6 heteroatoms. The number of carbonyl (C=O) groups is 2. The van der Waals surface area contributed by atoms with Crippen molar-refractivity contribution in [3.05, 3.63) is 0 Å². The Morgan fingerprint density at radius 2 is 2.05 bits per heavy atom. The summed E-state index contributed by atoms with van der Waals surface area (Å²) >= 11 is 0. The van der Waals surface area contributed by atoms with E-state index in [4.69, 9.17) is 5.11 Å². The second-order valence-electron chi connectivity index (χ2n) is 6.27. The van der Waals surface area contributed by atoms with E-state index >= 15 is 0 Å². The van der Waals surface area contributed by atoms with Crippen molar-refractivity contribution in [2.24, 2.45) is 5.41 Å². The molecule has 0 aromatic carbocycles. The number of carboxylic acid groups (broad SMARTS) is 1. The van der Waals surface area contributed by atoms with Crippen LogP contribution in [-0.2, 0) is 4.79 Å². The van der Waals surface area contributed by atoms with Crippen molar-refractivity contribution < 1.29 is 14.7 Å². The normalized spacial score (nSPS) is 22.0. The van der Waals surface area contributed by atoms with E-state index in [1.54, 1.807) is 20.8 Å². The molecule has 0 aromatic rings. The Bertz CT molecular complexity index is 339. The van der Waals surface area contributed by atoms with E-state index in [-0.39, 0.29) is 0 Å². The summed E-state index contributed by atoms with van der Waals surface area (Å²) in [5.41, 5.74) is -0.521. The summed E-state index contributed by atoms with van der Waals surface area (Å²) in [4.78, 5) is 25.1. The average Bonchev–Trinajstić information content (AvgIpc) is 2.67. The van der Waals surface area contributed by atoms with Crippen molar-refractivity contribution in [2.75, 3.05) is 20.1 Å². The fraction of sp³-hybridized carbons (Fsp3) is 0.846. The lowest BCUT2D eigenvalue weighted by molar-refractivity contribution is -0.141. The van der Waals surface area contributed by atoms with Crippen LogP contribution in [0.5, 0.6) is 0 Å². The van der Waals surface area contributed by atoms with Crippen molar-refractivity contribution in [1.82, 2.24) is 15.5 Å². The molecule has 1 fully saturated rings. The Morgan fingerprint density at radius 3 is 2.47 bits per heavy atom. The predicted molar refractivity (Wildman–Crippen MR) is 73.1 cm³/mol. The SMILES string of the molecule is CN1CCCC1CNC(=O)N[C@@H](C(=O)O)C(C)(C)C. The lowest BCUT2D eigenvalue weighted by atomic mass is 9.87. The minimum absolute atomic E-state index is 0.351. The van der Waals surface area contributed by atoms with Gasteiger partial charge in [0.05, 0.1) is 0 Å². The van der Waals surface area contributed by atoms with Gasteiger partial charge in [-0.25, -0.2) is 9.59 Å². The van der Waals surface area contributed by atoms with Gasteiger partial charge in [-0.15, -0.1) is 0 Å². The Hall–Kier alpha value is -1.30. The molecule has 2 amide bonds. The van der Waals surface area contributed by atoms with Gasteiger partial charge in [-0.2, -0.15) is 0 Å². The van der Waals surface area contributed by atoms with Gasteiger partial charge in [-0.1, -0.05) is 20.8 Å². The van der Waals surface area contributed by atoms with E-state index < -0.39 is 23.5 Å². The standard InChI is InChI=1S/C13H25N3O3/c1-13(2,3)10(11(17)18)15-12(19)14-8-9-6-5-7-16(9)4/h9-10H,5-8H2,1-4H3,(H,17,18)(H2,14,15,19)/t9?,10-/m0/s1. The molecule has 0 aromatic heterocycles. The molecule has 19 heavy (non-hydrogen) atoms. The lowest BCUT2D eigenvalue weighted by Crippen LogP contribution is -2.53. The molecule has 3 N–H and O–H groups in total. The average molecular weight is 271 g/mol. The third-order valence-corrected chi connectivity index (χ3v) is 3.56. The fourth-order valence-electron chi connectivity index (χ4n) is 2.28. The maximum Gasteiger partial charge on any atom is 0.326 e. The molecule has 0 aliphatic carbocycles. The smallest absolute Gasteiger partial charge is 0.326 e. The largest absolute Gasteiger partial charge is 0.480 e. The van der Waals surface area contributed by atoms with Gasteiger partial charge in [0.15, 0.2) is 0 Å². The molecule has 1 aliphatic heterocycles. The lowest BCUT2D eigenvalue weighted by Gasteiger charge is -2.28. The first kappa shape index (κ1) is 15.8. The molecule has 1 rings (SSSR count). The number of amides is 2. The number of likely N-dealkylation sites (N-methyl/N-ethyl adjacent to an activating group) is 1. The number of carbonyl (C=O) groups excluding carboxylic acids is 1. The molecule has 1 unspecified atom stereocenters. The second kappa shape index (κ2) is 6.23. The number of nitrogens with one attached hydrogen (secondary N) is 2. The fourth-order valence-corrected chi connectivity index (χ4v) is 2.28. The zero-order valence-electron chi connectivity index (χ0n) is 12.2. The van der Waals surface area contributed by atoms with Crippen LogP contribution in [0, 0.1) is 5.41 Å². The van der Waals surface area contributed by atoms with Crippen molar-refractivity contribution in [3.63, 3.8) is 0 Å². The second-order valence-corrected chi connectivity index (χ2v) is 6.27. The van der Waals surface area contributed by atoms with Crippen LogP contribution < -0.4 is 10.6 Å². The van der Waals surface area contributed by atoms with Gasteiger partial charge in [-0.3, -0.25) is 0 Å². The maximum atomic E-state index is 11.8. The van der Waals surface area contributed by atoms with E-state index in [9.17, 15) is 9.59 Å². The van der Waals surface area contributed by atoms with Gasteiger partial charge in [0.2, 0.25) is 0 Å². The Labute approximate surface area is 114 Å².